The number of halogens is 1. The number of unbranched alkanes of at least 4 members (excludes halogenated alkanes) is 2. The van der Waals surface area contributed by atoms with Crippen molar-refractivity contribution in [1.29, 1.82) is 0 Å². The van der Waals surface area contributed by atoms with E-state index in [1.807, 2.05) is 24.3 Å². The highest BCUT2D eigenvalue weighted by Gasteiger charge is 2.11. The van der Waals surface area contributed by atoms with Crippen LogP contribution in [0.25, 0.3) is 10.2 Å². The fourth-order valence-electron chi connectivity index (χ4n) is 2.39. The van der Waals surface area contributed by atoms with E-state index in [4.69, 9.17) is 16.3 Å². The van der Waals surface area contributed by atoms with E-state index in [0.717, 1.165) is 29.5 Å². The Labute approximate surface area is 155 Å². The van der Waals surface area contributed by atoms with Gasteiger partial charge in [0.25, 0.3) is 5.91 Å². The van der Waals surface area contributed by atoms with Gasteiger partial charge in [-0.15, -0.1) is 0 Å². The van der Waals surface area contributed by atoms with Crippen molar-refractivity contribution in [2.45, 2.75) is 26.2 Å². The molecule has 130 valence electrons. The number of amides is 1. The van der Waals surface area contributed by atoms with E-state index in [9.17, 15) is 4.79 Å². The lowest BCUT2D eigenvalue weighted by Crippen LogP contribution is -2.11. The molecular weight excluding hydrogens is 356 g/mol. The van der Waals surface area contributed by atoms with E-state index < -0.39 is 0 Å². The van der Waals surface area contributed by atoms with Gasteiger partial charge in [-0.25, -0.2) is 4.98 Å². The lowest BCUT2D eigenvalue weighted by atomic mass is 10.2. The highest BCUT2D eigenvalue weighted by Crippen LogP contribution is 2.28. The lowest BCUT2D eigenvalue weighted by Gasteiger charge is -2.07. The van der Waals surface area contributed by atoms with Crippen LogP contribution in [0.1, 0.15) is 36.5 Å². The summed E-state index contributed by atoms with van der Waals surface area (Å²) in [6, 6.07) is 12.7. The molecule has 0 fully saturated rings. The maximum Gasteiger partial charge on any atom is 0.257 e. The third kappa shape index (κ3) is 4.71. The number of carbonyl (C=O) groups excluding carboxylic acids is 1. The predicted octanol–water partition coefficient (Wildman–Crippen LogP) is 5.77. The summed E-state index contributed by atoms with van der Waals surface area (Å²) in [5, 5.41) is 4.05. The first-order valence-electron chi connectivity index (χ1n) is 8.26. The minimum Gasteiger partial charge on any atom is -0.494 e. The Morgan fingerprint density at radius 2 is 2.12 bits per heavy atom. The van der Waals surface area contributed by atoms with Crippen molar-refractivity contribution in [2.24, 2.45) is 0 Å². The minimum absolute atomic E-state index is 0.204. The van der Waals surface area contributed by atoms with E-state index in [1.165, 1.54) is 11.3 Å². The van der Waals surface area contributed by atoms with Crippen molar-refractivity contribution in [2.75, 3.05) is 11.9 Å². The summed E-state index contributed by atoms with van der Waals surface area (Å²) in [6.07, 6.45) is 3.31. The molecule has 0 aliphatic carbocycles. The van der Waals surface area contributed by atoms with Crippen LogP contribution in [0, 0.1) is 0 Å². The molecule has 6 heteroatoms. The second-order valence-electron chi connectivity index (χ2n) is 5.67. The predicted molar refractivity (Wildman–Crippen MR) is 104 cm³/mol. The number of hydrogen-bond acceptors (Lipinski definition) is 4. The van der Waals surface area contributed by atoms with Gasteiger partial charge in [0.05, 0.1) is 16.8 Å². The van der Waals surface area contributed by atoms with E-state index >= 15 is 0 Å². The number of carbonyl (C=O) groups is 1. The van der Waals surface area contributed by atoms with E-state index in [-0.39, 0.29) is 5.91 Å². The van der Waals surface area contributed by atoms with Crippen molar-refractivity contribution in [3.05, 3.63) is 53.1 Å². The number of rotatable bonds is 7. The fraction of sp³-hybridized carbons (Fsp3) is 0.263. The molecule has 25 heavy (non-hydrogen) atoms. The molecule has 0 radical (unpaired) electrons. The van der Waals surface area contributed by atoms with Gasteiger partial charge in [-0.3, -0.25) is 10.1 Å². The Kier molecular flexibility index (Phi) is 5.89. The number of hydrogen-bond donors (Lipinski definition) is 1. The smallest absolute Gasteiger partial charge is 0.257 e. The van der Waals surface area contributed by atoms with E-state index in [2.05, 4.69) is 17.2 Å². The van der Waals surface area contributed by atoms with Crippen LogP contribution in [0.4, 0.5) is 5.13 Å². The van der Waals surface area contributed by atoms with Crippen LogP contribution in [0.15, 0.2) is 42.5 Å². The molecule has 0 aliphatic rings. The average molecular weight is 375 g/mol. The molecule has 0 spiro atoms. The lowest BCUT2D eigenvalue weighted by molar-refractivity contribution is 0.102. The Hall–Kier alpha value is -2.11. The molecular formula is C19H19ClN2O2S. The first kappa shape index (κ1) is 17.7. The molecule has 3 rings (SSSR count). The van der Waals surface area contributed by atoms with Gasteiger partial charge in [0, 0.05) is 10.6 Å². The molecule has 0 aliphatic heterocycles. The zero-order valence-electron chi connectivity index (χ0n) is 13.9. The quantitative estimate of drug-likeness (QED) is 0.534. The molecule has 0 atom stereocenters. The standard InChI is InChI=1S/C19H19ClN2O2S/c1-2-3-4-10-24-15-7-5-6-13(11-15)18(23)22-19-21-16-9-8-14(20)12-17(16)25-19/h5-9,11-12H,2-4,10H2,1H3,(H,21,22,23). The normalized spacial score (nSPS) is 10.8. The Bertz CT molecular complexity index is 879. The highest BCUT2D eigenvalue weighted by atomic mass is 35.5. The monoisotopic (exact) mass is 374 g/mol. The number of aromatic nitrogens is 1. The van der Waals surface area contributed by atoms with Crippen LogP contribution in [-0.2, 0) is 0 Å². The number of benzene rings is 2. The summed E-state index contributed by atoms with van der Waals surface area (Å²) in [5.74, 6) is 0.504. The number of nitrogens with one attached hydrogen (secondary N) is 1. The largest absolute Gasteiger partial charge is 0.494 e. The summed E-state index contributed by atoms with van der Waals surface area (Å²) in [5.41, 5.74) is 1.36. The Morgan fingerprint density at radius 1 is 1.24 bits per heavy atom. The number of anilines is 1. The zero-order valence-corrected chi connectivity index (χ0v) is 15.5. The van der Waals surface area contributed by atoms with Gasteiger partial charge in [-0.1, -0.05) is 48.8 Å². The van der Waals surface area contributed by atoms with Gasteiger partial charge in [-0.05, 0) is 42.8 Å². The van der Waals surface area contributed by atoms with Crippen LogP contribution >= 0.6 is 22.9 Å². The first-order chi connectivity index (χ1) is 12.2. The zero-order chi connectivity index (χ0) is 17.6. The van der Waals surface area contributed by atoms with Crippen molar-refractivity contribution in [3.63, 3.8) is 0 Å². The number of nitrogens with zero attached hydrogens (tertiary/aromatic N) is 1. The van der Waals surface area contributed by atoms with E-state index in [0.29, 0.717) is 28.1 Å². The third-order valence-electron chi connectivity index (χ3n) is 3.68. The van der Waals surface area contributed by atoms with Crippen LogP contribution < -0.4 is 10.1 Å². The SMILES string of the molecule is CCCCCOc1cccc(C(=O)Nc2nc3ccc(Cl)cc3s2)c1. The molecule has 4 nitrogen and oxygen atoms in total. The topological polar surface area (TPSA) is 51.2 Å². The third-order valence-corrected chi connectivity index (χ3v) is 4.85. The summed E-state index contributed by atoms with van der Waals surface area (Å²) in [4.78, 5) is 16.9. The molecule has 0 unspecified atom stereocenters. The molecule has 3 aromatic rings. The molecule has 1 amide bonds. The number of thiazole rings is 1. The Morgan fingerprint density at radius 3 is 2.96 bits per heavy atom. The maximum atomic E-state index is 12.5. The molecule has 1 N–H and O–H groups in total. The molecule has 1 aromatic heterocycles. The van der Waals surface area contributed by atoms with Crippen molar-refractivity contribution in [3.8, 4) is 5.75 Å². The van der Waals surface area contributed by atoms with Gasteiger partial charge in [0.15, 0.2) is 5.13 Å². The van der Waals surface area contributed by atoms with Crippen LogP contribution in [0.3, 0.4) is 0 Å². The van der Waals surface area contributed by atoms with Crippen molar-refractivity contribution >= 4 is 44.2 Å². The molecule has 0 saturated heterocycles. The Balaban J connectivity index is 1.67. The van der Waals surface area contributed by atoms with Gasteiger partial charge in [-0.2, -0.15) is 0 Å². The van der Waals surface area contributed by atoms with Gasteiger partial charge in [0.1, 0.15) is 5.75 Å². The minimum atomic E-state index is -0.204. The summed E-state index contributed by atoms with van der Waals surface area (Å²) < 4.78 is 6.64. The summed E-state index contributed by atoms with van der Waals surface area (Å²) in [7, 11) is 0. The highest BCUT2D eigenvalue weighted by molar-refractivity contribution is 7.22. The van der Waals surface area contributed by atoms with Crippen LogP contribution in [0.2, 0.25) is 5.02 Å². The van der Waals surface area contributed by atoms with Gasteiger partial charge >= 0.3 is 0 Å². The van der Waals surface area contributed by atoms with Gasteiger partial charge in [0.2, 0.25) is 0 Å². The van der Waals surface area contributed by atoms with E-state index in [1.54, 1.807) is 18.2 Å². The summed E-state index contributed by atoms with van der Waals surface area (Å²) >= 11 is 7.39. The number of fused-ring (bicyclic) bond motifs is 1. The second-order valence-corrected chi connectivity index (χ2v) is 7.14. The van der Waals surface area contributed by atoms with Crippen LogP contribution in [-0.4, -0.2) is 17.5 Å². The molecule has 0 saturated carbocycles. The van der Waals surface area contributed by atoms with Gasteiger partial charge < -0.3 is 4.74 Å². The fourth-order valence-corrected chi connectivity index (χ4v) is 3.53. The first-order valence-corrected chi connectivity index (χ1v) is 9.45. The average Bonchev–Trinajstić information content (AvgIpc) is 3.00. The molecule has 1 heterocycles. The molecule has 0 bridgehead atoms. The van der Waals surface area contributed by atoms with Crippen molar-refractivity contribution in [1.82, 2.24) is 4.98 Å². The molecule has 2 aromatic carbocycles. The summed E-state index contributed by atoms with van der Waals surface area (Å²) in [6.45, 7) is 2.82. The van der Waals surface area contributed by atoms with Crippen LogP contribution in [0.5, 0.6) is 5.75 Å². The maximum absolute atomic E-state index is 12.5. The van der Waals surface area contributed by atoms with Crippen molar-refractivity contribution < 1.29 is 9.53 Å². The number of ether oxygens (including phenoxy) is 1. The second kappa shape index (κ2) is 8.32.